The molecule has 0 unspecified atom stereocenters. The van der Waals surface area contributed by atoms with E-state index >= 15 is 0 Å². The minimum Gasteiger partial charge on any atom is -0.664 e. The van der Waals surface area contributed by atoms with Crippen LogP contribution in [-0.2, 0) is 19.5 Å². The van der Waals surface area contributed by atoms with Gasteiger partial charge in [-0.05, 0) is 83.0 Å². The van der Waals surface area contributed by atoms with Crippen LogP contribution in [0.1, 0.15) is 44.8 Å². The van der Waals surface area contributed by atoms with Crippen LogP contribution in [0.25, 0.3) is 11.1 Å². The molecule has 8 nitrogen and oxygen atoms in total. The van der Waals surface area contributed by atoms with E-state index in [9.17, 15) is 0 Å². The van der Waals surface area contributed by atoms with Crippen LogP contribution in [0.3, 0.4) is 0 Å². The minimum absolute atomic E-state index is 0. The Hall–Kier alpha value is -6.12. The molecule has 196 valence electrons. The van der Waals surface area contributed by atoms with Crippen LogP contribution in [0.15, 0.2) is 119 Å². The van der Waals surface area contributed by atoms with Gasteiger partial charge in [0.05, 0.1) is 57.9 Å². The SMILES string of the molecule is N#Cc1cc(C#N)cc(/C(=C2\C=CC=N2)c2ccc[n-]2)c1.N#Cc1cc(C#N)cc(/C(=C2\C=CC=N2)c2ccc[n-]2)c1.[Zn+2]. The molecule has 0 N–H and O–H groups in total. The van der Waals surface area contributed by atoms with Crippen LogP contribution >= 0.6 is 0 Å². The van der Waals surface area contributed by atoms with E-state index in [0.717, 1.165) is 45.1 Å². The standard InChI is InChI=1S/2C17H9N4.Zn/c2*18-10-12-7-13(11-19)9-14(8-12)17(15-3-1-5-20-15)16-4-2-6-21-16;/h2*1-9H;/q2*-1;+2/b2*17-15-;. The molecule has 0 spiro atoms. The summed E-state index contributed by atoms with van der Waals surface area (Å²) in [6.07, 6.45) is 14.3. The second-order valence-electron chi connectivity index (χ2n) is 8.89. The first-order valence-corrected chi connectivity index (χ1v) is 12.6. The Bertz CT molecular complexity index is 1770. The van der Waals surface area contributed by atoms with E-state index in [1.165, 1.54) is 0 Å². The fraction of sp³-hybridized carbons (Fsp3) is 0. The summed E-state index contributed by atoms with van der Waals surface area (Å²) in [5.74, 6) is 0. The van der Waals surface area contributed by atoms with E-state index in [0.29, 0.717) is 22.3 Å². The Morgan fingerprint density at radius 3 is 1.19 bits per heavy atom. The van der Waals surface area contributed by atoms with E-state index in [1.807, 2.05) is 48.6 Å². The summed E-state index contributed by atoms with van der Waals surface area (Å²) in [6, 6.07) is 25.9. The maximum absolute atomic E-state index is 9.13. The van der Waals surface area contributed by atoms with Crippen LogP contribution in [0.4, 0.5) is 0 Å². The van der Waals surface area contributed by atoms with Gasteiger partial charge in [-0.3, -0.25) is 9.98 Å². The zero-order chi connectivity index (χ0) is 29.3. The van der Waals surface area contributed by atoms with Gasteiger partial charge in [-0.15, -0.1) is 11.4 Å². The van der Waals surface area contributed by atoms with Crippen molar-refractivity contribution < 1.29 is 19.5 Å². The van der Waals surface area contributed by atoms with Crippen molar-refractivity contribution in [2.75, 3.05) is 0 Å². The third kappa shape index (κ3) is 6.79. The van der Waals surface area contributed by atoms with Crippen LogP contribution in [-0.4, -0.2) is 12.4 Å². The quantitative estimate of drug-likeness (QED) is 0.278. The number of allylic oxidation sites excluding steroid dienone is 4. The molecular formula is C34H18N8Zn. The summed E-state index contributed by atoms with van der Waals surface area (Å²) in [4.78, 5) is 17.3. The number of benzene rings is 2. The Morgan fingerprint density at radius 1 is 0.558 bits per heavy atom. The molecule has 43 heavy (non-hydrogen) atoms. The first kappa shape index (κ1) is 29.9. The average Bonchev–Trinajstić information content (AvgIpc) is 3.87. The minimum atomic E-state index is 0. The molecule has 0 atom stereocenters. The van der Waals surface area contributed by atoms with E-state index in [2.05, 4.69) is 44.2 Å². The van der Waals surface area contributed by atoms with Gasteiger partial charge in [0.2, 0.25) is 0 Å². The normalized spacial score (nSPS) is 14.4. The van der Waals surface area contributed by atoms with Gasteiger partial charge in [-0.25, -0.2) is 0 Å². The maximum atomic E-state index is 9.13. The molecule has 0 radical (unpaired) electrons. The molecule has 0 saturated heterocycles. The van der Waals surface area contributed by atoms with Gasteiger partial charge < -0.3 is 9.97 Å². The monoisotopic (exact) mass is 602 g/mol. The number of rotatable bonds is 4. The van der Waals surface area contributed by atoms with Crippen molar-refractivity contribution in [3.05, 3.63) is 154 Å². The molecule has 0 fully saturated rings. The Morgan fingerprint density at radius 2 is 0.930 bits per heavy atom. The molecular weight excluding hydrogens is 586 g/mol. The third-order valence-electron chi connectivity index (χ3n) is 6.20. The summed E-state index contributed by atoms with van der Waals surface area (Å²) in [6.45, 7) is 0. The van der Waals surface area contributed by atoms with Crippen molar-refractivity contribution >= 4 is 23.6 Å². The van der Waals surface area contributed by atoms with Gasteiger partial charge in [0.15, 0.2) is 0 Å². The molecule has 0 amide bonds. The number of hydrogen-bond acceptors (Lipinski definition) is 6. The largest absolute Gasteiger partial charge is 2.00 e. The molecule has 2 aliphatic heterocycles. The van der Waals surface area contributed by atoms with Crippen LogP contribution < -0.4 is 9.97 Å². The molecule has 4 heterocycles. The number of aliphatic imine (C=N–C) groups is 2. The maximum Gasteiger partial charge on any atom is 2.00 e. The number of aromatic nitrogens is 2. The Kier molecular flexibility index (Phi) is 9.71. The second kappa shape index (κ2) is 14.0. The number of hydrogen-bond donors (Lipinski definition) is 0. The predicted octanol–water partition coefficient (Wildman–Crippen LogP) is 5.57. The Labute approximate surface area is 261 Å². The molecule has 9 heteroatoms. The third-order valence-corrected chi connectivity index (χ3v) is 6.20. The molecule has 6 rings (SSSR count). The summed E-state index contributed by atoms with van der Waals surface area (Å²) >= 11 is 0. The van der Waals surface area contributed by atoms with Crippen LogP contribution in [0, 0.1) is 45.3 Å². The molecule has 2 aromatic heterocycles. The number of nitrogens with zero attached hydrogens (tertiary/aromatic N) is 8. The van der Waals surface area contributed by atoms with E-state index < -0.39 is 0 Å². The van der Waals surface area contributed by atoms with Crippen molar-refractivity contribution in [3.63, 3.8) is 0 Å². The van der Waals surface area contributed by atoms with Gasteiger partial charge in [-0.2, -0.15) is 33.4 Å². The summed E-state index contributed by atoms with van der Waals surface area (Å²) < 4.78 is 0. The zero-order valence-electron chi connectivity index (χ0n) is 22.7. The Balaban J connectivity index is 0.000000192. The fourth-order valence-corrected chi connectivity index (χ4v) is 4.45. The zero-order valence-corrected chi connectivity index (χ0v) is 25.6. The molecule has 2 aliphatic rings. The smallest absolute Gasteiger partial charge is 0.664 e. The van der Waals surface area contributed by atoms with Crippen molar-refractivity contribution in [2.45, 2.75) is 0 Å². The van der Waals surface area contributed by atoms with Gasteiger partial charge in [-0.1, -0.05) is 24.3 Å². The van der Waals surface area contributed by atoms with Gasteiger partial charge in [0.25, 0.3) is 0 Å². The van der Waals surface area contributed by atoms with Gasteiger partial charge in [0.1, 0.15) is 0 Å². The van der Waals surface area contributed by atoms with E-state index in [-0.39, 0.29) is 19.5 Å². The van der Waals surface area contributed by atoms with Crippen molar-refractivity contribution in [1.82, 2.24) is 9.97 Å². The average molecular weight is 604 g/mol. The molecule has 4 aromatic rings. The van der Waals surface area contributed by atoms with Crippen LogP contribution in [0.2, 0.25) is 0 Å². The van der Waals surface area contributed by atoms with Gasteiger partial charge in [0, 0.05) is 12.4 Å². The topological polar surface area (TPSA) is 148 Å². The number of nitriles is 4. The predicted molar refractivity (Wildman–Crippen MR) is 159 cm³/mol. The summed E-state index contributed by atoms with van der Waals surface area (Å²) in [7, 11) is 0. The van der Waals surface area contributed by atoms with Crippen molar-refractivity contribution in [2.24, 2.45) is 9.98 Å². The summed E-state index contributed by atoms with van der Waals surface area (Å²) in [5.41, 5.74) is 8.03. The first-order valence-electron chi connectivity index (χ1n) is 12.6. The van der Waals surface area contributed by atoms with E-state index in [4.69, 9.17) is 21.0 Å². The molecule has 2 aromatic carbocycles. The van der Waals surface area contributed by atoms with Gasteiger partial charge >= 0.3 is 19.5 Å². The van der Waals surface area contributed by atoms with E-state index in [1.54, 1.807) is 61.2 Å². The summed E-state index contributed by atoms with van der Waals surface area (Å²) in [5, 5.41) is 36.5. The van der Waals surface area contributed by atoms with Crippen LogP contribution in [0.5, 0.6) is 0 Å². The molecule has 0 saturated carbocycles. The second-order valence-corrected chi connectivity index (χ2v) is 8.89. The molecule has 0 aliphatic carbocycles. The van der Waals surface area contributed by atoms with Crippen molar-refractivity contribution in [1.29, 1.82) is 21.0 Å². The first-order chi connectivity index (χ1) is 20.6. The fourth-order valence-electron chi connectivity index (χ4n) is 4.45. The van der Waals surface area contributed by atoms with Crippen molar-refractivity contribution in [3.8, 4) is 24.3 Å². The molecule has 0 bridgehead atoms.